The molecule has 1 aromatic heterocycles. The predicted octanol–water partition coefficient (Wildman–Crippen LogP) is 3.75. The van der Waals surface area contributed by atoms with Gasteiger partial charge in [0.15, 0.2) is 0 Å². The topological polar surface area (TPSA) is 19.0 Å². The van der Waals surface area contributed by atoms with Gasteiger partial charge in [0.2, 0.25) is 0 Å². The molecule has 0 saturated heterocycles. The van der Waals surface area contributed by atoms with Crippen molar-refractivity contribution in [3.8, 4) is 0 Å². The number of aromatic amines is 1. The number of nitrogens with zero attached hydrogens (tertiary/aromatic N) is 1. The Kier molecular flexibility index (Phi) is 3.31. The van der Waals surface area contributed by atoms with Crippen LogP contribution in [0, 0.1) is 11.7 Å². The molecule has 19 heavy (non-hydrogen) atoms. The highest BCUT2D eigenvalue weighted by Gasteiger charge is 2.40. The van der Waals surface area contributed by atoms with Crippen LogP contribution in [0.4, 0.5) is 4.39 Å². The van der Waals surface area contributed by atoms with Crippen LogP contribution in [-0.4, -0.2) is 29.5 Å². The zero-order chi connectivity index (χ0) is 13.4. The van der Waals surface area contributed by atoms with E-state index in [9.17, 15) is 4.39 Å². The van der Waals surface area contributed by atoms with Gasteiger partial charge in [-0.05, 0) is 55.1 Å². The van der Waals surface area contributed by atoms with Gasteiger partial charge in [0.25, 0.3) is 0 Å². The second kappa shape index (κ2) is 4.97. The summed E-state index contributed by atoms with van der Waals surface area (Å²) in [6.45, 7) is 7.81. The number of hydrogen-bond donors (Lipinski definition) is 1. The Bertz CT molecular complexity index is 571. The molecule has 0 spiro atoms. The van der Waals surface area contributed by atoms with Gasteiger partial charge in [-0.1, -0.05) is 13.8 Å². The number of benzene rings is 1. The van der Waals surface area contributed by atoms with Gasteiger partial charge < -0.3 is 9.88 Å². The Morgan fingerprint density at radius 3 is 2.84 bits per heavy atom. The van der Waals surface area contributed by atoms with E-state index in [4.69, 9.17) is 0 Å². The van der Waals surface area contributed by atoms with Crippen molar-refractivity contribution in [1.82, 2.24) is 9.88 Å². The fourth-order valence-corrected chi connectivity index (χ4v) is 3.06. The van der Waals surface area contributed by atoms with Crippen LogP contribution in [0.2, 0.25) is 0 Å². The van der Waals surface area contributed by atoms with E-state index in [2.05, 4.69) is 29.9 Å². The fraction of sp³-hybridized carbons (Fsp3) is 0.500. The van der Waals surface area contributed by atoms with Gasteiger partial charge in [-0.2, -0.15) is 0 Å². The van der Waals surface area contributed by atoms with Crippen molar-refractivity contribution in [2.45, 2.75) is 26.2 Å². The zero-order valence-electron chi connectivity index (χ0n) is 11.6. The summed E-state index contributed by atoms with van der Waals surface area (Å²) in [5.74, 6) is 1.20. The Morgan fingerprint density at radius 1 is 1.32 bits per heavy atom. The summed E-state index contributed by atoms with van der Waals surface area (Å²) in [5.41, 5.74) is 2.34. The highest BCUT2D eigenvalue weighted by molar-refractivity contribution is 5.84. The summed E-state index contributed by atoms with van der Waals surface area (Å²) in [7, 11) is 0. The first kappa shape index (κ1) is 12.7. The first-order chi connectivity index (χ1) is 9.22. The Labute approximate surface area is 113 Å². The summed E-state index contributed by atoms with van der Waals surface area (Å²) < 4.78 is 13.4. The first-order valence-electron chi connectivity index (χ1n) is 7.21. The van der Waals surface area contributed by atoms with Crippen molar-refractivity contribution < 1.29 is 4.39 Å². The maximum atomic E-state index is 13.4. The van der Waals surface area contributed by atoms with Crippen molar-refractivity contribution in [1.29, 1.82) is 0 Å². The first-order valence-corrected chi connectivity index (χ1v) is 7.21. The number of nitrogens with one attached hydrogen (secondary N) is 1. The summed E-state index contributed by atoms with van der Waals surface area (Å²) in [6, 6.07) is 5.01. The molecule has 0 unspecified atom stereocenters. The zero-order valence-corrected chi connectivity index (χ0v) is 11.6. The summed E-state index contributed by atoms with van der Waals surface area (Å²) in [4.78, 5) is 5.73. The van der Waals surface area contributed by atoms with Gasteiger partial charge in [-0.15, -0.1) is 0 Å². The third kappa shape index (κ3) is 2.39. The normalized spacial score (nSPS) is 22.3. The molecule has 1 saturated carbocycles. The van der Waals surface area contributed by atoms with Gasteiger partial charge in [-0.25, -0.2) is 4.39 Å². The molecule has 1 heterocycles. The molecule has 3 heteroatoms. The monoisotopic (exact) mass is 260 g/mol. The van der Waals surface area contributed by atoms with E-state index in [0.717, 1.165) is 29.9 Å². The molecule has 1 aromatic carbocycles. The minimum absolute atomic E-state index is 0.144. The van der Waals surface area contributed by atoms with E-state index in [1.165, 1.54) is 24.6 Å². The second-order valence-corrected chi connectivity index (χ2v) is 5.52. The molecule has 0 aliphatic heterocycles. The minimum atomic E-state index is -0.144. The third-order valence-corrected chi connectivity index (χ3v) is 4.38. The van der Waals surface area contributed by atoms with Gasteiger partial charge in [0.05, 0.1) is 0 Å². The maximum absolute atomic E-state index is 13.4. The van der Waals surface area contributed by atoms with E-state index in [1.807, 2.05) is 6.07 Å². The number of halogens is 1. The molecule has 2 aromatic rings. The van der Waals surface area contributed by atoms with Crippen LogP contribution in [0.3, 0.4) is 0 Å². The standard InChI is InChI=1S/C16H21FN2/c1-3-19(4-2)10-11-7-13(11)15-9-18-16-6-5-12(17)8-14(15)16/h5-6,8-9,11,13,18H,3-4,7,10H2,1-2H3/t11-,13-/m0/s1. The minimum Gasteiger partial charge on any atom is -0.361 e. The van der Waals surface area contributed by atoms with Crippen molar-refractivity contribution in [2.24, 2.45) is 5.92 Å². The molecular formula is C16H21FN2. The number of rotatable bonds is 5. The van der Waals surface area contributed by atoms with Crippen LogP contribution in [-0.2, 0) is 0 Å². The van der Waals surface area contributed by atoms with E-state index < -0.39 is 0 Å². The molecule has 0 bridgehead atoms. The Hall–Kier alpha value is -1.35. The van der Waals surface area contributed by atoms with E-state index in [-0.39, 0.29) is 5.82 Å². The van der Waals surface area contributed by atoms with Crippen molar-refractivity contribution in [3.63, 3.8) is 0 Å². The van der Waals surface area contributed by atoms with Crippen LogP contribution < -0.4 is 0 Å². The number of aromatic nitrogens is 1. The van der Waals surface area contributed by atoms with Crippen molar-refractivity contribution in [2.75, 3.05) is 19.6 Å². The van der Waals surface area contributed by atoms with Crippen molar-refractivity contribution in [3.05, 3.63) is 35.8 Å². The van der Waals surface area contributed by atoms with Crippen LogP contribution >= 0.6 is 0 Å². The van der Waals surface area contributed by atoms with Gasteiger partial charge in [-0.3, -0.25) is 0 Å². The summed E-state index contributed by atoms with van der Waals surface area (Å²) >= 11 is 0. The van der Waals surface area contributed by atoms with E-state index >= 15 is 0 Å². The third-order valence-electron chi connectivity index (χ3n) is 4.38. The molecule has 1 aliphatic rings. The Balaban J connectivity index is 1.78. The molecule has 3 rings (SSSR count). The Morgan fingerprint density at radius 2 is 2.11 bits per heavy atom. The SMILES string of the molecule is CCN(CC)C[C@@H]1C[C@@H]1c1c[nH]c2ccc(F)cc12. The molecule has 2 atom stereocenters. The van der Waals surface area contributed by atoms with Crippen LogP contribution in [0.15, 0.2) is 24.4 Å². The highest BCUT2D eigenvalue weighted by atomic mass is 19.1. The average molecular weight is 260 g/mol. The predicted molar refractivity (Wildman–Crippen MR) is 76.9 cm³/mol. The molecule has 1 N–H and O–H groups in total. The number of H-pyrrole nitrogens is 1. The molecular weight excluding hydrogens is 239 g/mol. The second-order valence-electron chi connectivity index (χ2n) is 5.52. The van der Waals surface area contributed by atoms with Gasteiger partial charge in [0, 0.05) is 23.6 Å². The van der Waals surface area contributed by atoms with Crippen LogP contribution in [0.25, 0.3) is 10.9 Å². The highest BCUT2D eigenvalue weighted by Crippen LogP contribution is 2.49. The van der Waals surface area contributed by atoms with E-state index in [1.54, 1.807) is 6.07 Å². The van der Waals surface area contributed by atoms with Gasteiger partial charge >= 0.3 is 0 Å². The molecule has 1 aliphatic carbocycles. The van der Waals surface area contributed by atoms with Crippen LogP contribution in [0.1, 0.15) is 31.7 Å². The lowest BCUT2D eigenvalue weighted by molar-refractivity contribution is 0.289. The lowest BCUT2D eigenvalue weighted by Crippen LogP contribution is -2.25. The molecule has 0 amide bonds. The fourth-order valence-electron chi connectivity index (χ4n) is 3.06. The lowest BCUT2D eigenvalue weighted by atomic mass is 10.1. The average Bonchev–Trinajstić information content (AvgIpc) is 3.06. The van der Waals surface area contributed by atoms with Gasteiger partial charge in [0.1, 0.15) is 5.82 Å². The molecule has 2 nitrogen and oxygen atoms in total. The summed E-state index contributed by atoms with van der Waals surface area (Å²) in [5, 5.41) is 1.06. The van der Waals surface area contributed by atoms with Crippen LogP contribution in [0.5, 0.6) is 0 Å². The quantitative estimate of drug-likeness (QED) is 0.867. The number of hydrogen-bond acceptors (Lipinski definition) is 1. The molecule has 1 fully saturated rings. The molecule has 0 radical (unpaired) electrons. The smallest absolute Gasteiger partial charge is 0.123 e. The number of fused-ring (bicyclic) bond motifs is 1. The van der Waals surface area contributed by atoms with E-state index in [0.29, 0.717) is 5.92 Å². The maximum Gasteiger partial charge on any atom is 0.123 e. The lowest BCUT2D eigenvalue weighted by Gasteiger charge is -2.17. The largest absolute Gasteiger partial charge is 0.361 e. The van der Waals surface area contributed by atoms with Crippen molar-refractivity contribution >= 4 is 10.9 Å². The molecule has 102 valence electrons. The summed E-state index contributed by atoms with van der Waals surface area (Å²) in [6.07, 6.45) is 3.30.